The highest BCUT2D eigenvalue weighted by molar-refractivity contribution is 7.91. The number of methoxy groups -OCH3 is 1. The number of sulfone groups is 1. The maximum absolute atomic E-state index is 12.2. The smallest absolute Gasteiger partial charge is 0.176 e. The SMILES string of the molecule is COc1ccc(Cn2cc3c(n2)c(Cl)nc2cccc(S(C)(=O)=O)c23)cc1. The first-order chi connectivity index (χ1) is 12.9. The number of hydrogen-bond acceptors (Lipinski definition) is 5. The van der Waals surface area contributed by atoms with Crippen LogP contribution in [0.3, 0.4) is 0 Å². The Morgan fingerprint density at radius 2 is 1.89 bits per heavy atom. The lowest BCUT2D eigenvalue weighted by atomic mass is 10.1. The number of halogens is 1. The van der Waals surface area contributed by atoms with Gasteiger partial charge in [-0.15, -0.1) is 0 Å². The first-order valence-corrected chi connectivity index (χ1v) is 10.4. The Morgan fingerprint density at radius 3 is 2.56 bits per heavy atom. The van der Waals surface area contributed by atoms with Crippen molar-refractivity contribution in [2.24, 2.45) is 0 Å². The van der Waals surface area contributed by atoms with Gasteiger partial charge in [-0.3, -0.25) is 4.68 Å². The maximum Gasteiger partial charge on any atom is 0.176 e. The zero-order valence-corrected chi connectivity index (χ0v) is 16.3. The van der Waals surface area contributed by atoms with Gasteiger partial charge in [0.25, 0.3) is 0 Å². The van der Waals surface area contributed by atoms with Crippen LogP contribution in [0.2, 0.25) is 5.15 Å². The molecule has 0 radical (unpaired) electrons. The molecule has 4 aromatic rings. The Balaban J connectivity index is 1.90. The summed E-state index contributed by atoms with van der Waals surface area (Å²) >= 11 is 6.31. The molecule has 4 rings (SSSR count). The van der Waals surface area contributed by atoms with Gasteiger partial charge in [0.05, 0.1) is 24.1 Å². The van der Waals surface area contributed by atoms with Gasteiger partial charge >= 0.3 is 0 Å². The number of aromatic nitrogens is 3. The average molecular weight is 402 g/mol. The van der Waals surface area contributed by atoms with Crippen LogP contribution < -0.4 is 4.74 Å². The zero-order chi connectivity index (χ0) is 19.2. The van der Waals surface area contributed by atoms with Crippen LogP contribution in [0.4, 0.5) is 0 Å². The molecule has 0 saturated carbocycles. The molecule has 0 saturated heterocycles. The van der Waals surface area contributed by atoms with E-state index in [9.17, 15) is 8.42 Å². The molecule has 0 bridgehead atoms. The molecule has 27 heavy (non-hydrogen) atoms. The van der Waals surface area contributed by atoms with Gasteiger partial charge in [-0.05, 0) is 29.8 Å². The Hall–Kier alpha value is -2.64. The molecule has 0 aliphatic heterocycles. The molecular weight excluding hydrogens is 386 g/mol. The molecule has 0 atom stereocenters. The van der Waals surface area contributed by atoms with Crippen LogP contribution in [0.25, 0.3) is 21.8 Å². The van der Waals surface area contributed by atoms with Crippen LogP contribution >= 0.6 is 11.6 Å². The Labute approximate surface area is 161 Å². The largest absolute Gasteiger partial charge is 0.497 e. The first kappa shape index (κ1) is 17.8. The fraction of sp³-hybridized carbons (Fsp3) is 0.158. The third-order valence-corrected chi connectivity index (χ3v) is 5.76. The van der Waals surface area contributed by atoms with E-state index in [2.05, 4.69) is 10.1 Å². The lowest BCUT2D eigenvalue weighted by Gasteiger charge is -2.05. The standard InChI is InChI=1S/C19H16ClN3O3S/c1-26-13-8-6-12(7-9-13)10-23-11-14-17-15(21-19(20)18(14)22-23)4-3-5-16(17)27(2,24)25/h3-9,11H,10H2,1-2H3. The monoisotopic (exact) mass is 401 g/mol. The van der Waals surface area contributed by atoms with Gasteiger partial charge < -0.3 is 4.74 Å². The number of ether oxygens (including phenoxy) is 1. The van der Waals surface area contributed by atoms with E-state index >= 15 is 0 Å². The Kier molecular flexibility index (Phi) is 4.28. The molecule has 0 aliphatic carbocycles. The molecule has 0 fully saturated rings. The van der Waals surface area contributed by atoms with Gasteiger partial charge in [-0.25, -0.2) is 13.4 Å². The van der Waals surface area contributed by atoms with Crippen LogP contribution in [-0.2, 0) is 16.4 Å². The van der Waals surface area contributed by atoms with E-state index in [1.54, 1.807) is 30.0 Å². The second-order valence-corrected chi connectivity index (χ2v) is 8.60. The average Bonchev–Trinajstić information content (AvgIpc) is 3.05. The molecule has 138 valence electrons. The second-order valence-electron chi connectivity index (χ2n) is 6.26. The van der Waals surface area contributed by atoms with E-state index in [1.807, 2.05) is 30.5 Å². The van der Waals surface area contributed by atoms with Gasteiger partial charge in [-0.2, -0.15) is 5.10 Å². The van der Waals surface area contributed by atoms with Crippen LogP contribution in [-0.4, -0.2) is 36.5 Å². The minimum atomic E-state index is -3.43. The van der Waals surface area contributed by atoms with Gasteiger partial charge in [0.15, 0.2) is 15.0 Å². The molecule has 6 nitrogen and oxygen atoms in total. The van der Waals surface area contributed by atoms with Crippen molar-refractivity contribution in [3.8, 4) is 5.75 Å². The number of rotatable bonds is 4. The molecular formula is C19H16ClN3O3S. The normalized spacial score (nSPS) is 12.0. The third kappa shape index (κ3) is 3.24. The van der Waals surface area contributed by atoms with Crippen LogP contribution in [0.1, 0.15) is 5.56 Å². The molecule has 2 aromatic carbocycles. The molecule has 2 aromatic heterocycles. The van der Waals surface area contributed by atoms with Crippen molar-refractivity contribution < 1.29 is 13.2 Å². The summed E-state index contributed by atoms with van der Waals surface area (Å²) in [6, 6.07) is 12.6. The number of pyridine rings is 1. The highest BCUT2D eigenvalue weighted by Crippen LogP contribution is 2.32. The van der Waals surface area contributed by atoms with Crippen molar-refractivity contribution in [2.75, 3.05) is 13.4 Å². The Bertz CT molecular complexity index is 1270. The number of fused-ring (bicyclic) bond motifs is 3. The van der Waals surface area contributed by atoms with E-state index in [4.69, 9.17) is 16.3 Å². The lowest BCUT2D eigenvalue weighted by Crippen LogP contribution is -1.99. The van der Waals surface area contributed by atoms with Crippen molar-refractivity contribution in [3.05, 3.63) is 59.4 Å². The van der Waals surface area contributed by atoms with E-state index in [-0.39, 0.29) is 10.0 Å². The minimum absolute atomic E-state index is 0.221. The number of hydrogen-bond donors (Lipinski definition) is 0. The van der Waals surface area contributed by atoms with Crippen LogP contribution in [0, 0.1) is 0 Å². The Morgan fingerprint density at radius 1 is 1.15 bits per heavy atom. The molecule has 0 spiro atoms. The van der Waals surface area contributed by atoms with Gasteiger partial charge in [0.2, 0.25) is 0 Å². The molecule has 0 aliphatic rings. The van der Waals surface area contributed by atoms with Gasteiger partial charge in [-0.1, -0.05) is 29.8 Å². The molecule has 0 N–H and O–H groups in total. The fourth-order valence-corrected chi connectivity index (χ4v) is 4.25. The zero-order valence-electron chi connectivity index (χ0n) is 14.7. The third-order valence-electron chi connectivity index (χ3n) is 4.35. The second kappa shape index (κ2) is 6.51. The summed E-state index contributed by atoms with van der Waals surface area (Å²) in [5, 5.41) is 5.97. The van der Waals surface area contributed by atoms with Crippen LogP contribution in [0.5, 0.6) is 5.75 Å². The predicted octanol–water partition coefficient (Wildman–Crippen LogP) is 3.70. The van der Waals surface area contributed by atoms with Gasteiger partial charge in [0, 0.05) is 23.2 Å². The summed E-state index contributed by atoms with van der Waals surface area (Å²) < 4.78 is 31.4. The van der Waals surface area contributed by atoms with Crippen molar-refractivity contribution in [1.82, 2.24) is 14.8 Å². The fourth-order valence-electron chi connectivity index (χ4n) is 3.11. The highest BCUT2D eigenvalue weighted by atomic mass is 35.5. The minimum Gasteiger partial charge on any atom is -0.497 e. The van der Waals surface area contributed by atoms with Crippen LogP contribution in [0.15, 0.2) is 53.6 Å². The number of nitrogens with zero attached hydrogens (tertiary/aromatic N) is 3. The maximum atomic E-state index is 12.2. The van der Waals surface area contributed by atoms with E-state index in [0.29, 0.717) is 28.4 Å². The van der Waals surface area contributed by atoms with Crippen molar-refractivity contribution >= 4 is 43.2 Å². The van der Waals surface area contributed by atoms with E-state index in [1.165, 1.54) is 6.26 Å². The highest BCUT2D eigenvalue weighted by Gasteiger charge is 2.18. The summed E-state index contributed by atoms with van der Waals surface area (Å²) in [6.07, 6.45) is 2.99. The molecule has 0 amide bonds. The predicted molar refractivity (Wildman–Crippen MR) is 105 cm³/mol. The summed E-state index contributed by atoms with van der Waals surface area (Å²) in [5.41, 5.74) is 2.04. The summed E-state index contributed by atoms with van der Waals surface area (Å²) in [5.74, 6) is 0.778. The molecule has 8 heteroatoms. The molecule has 2 heterocycles. The topological polar surface area (TPSA) is 74.1 Å². The quantitative estimate of drug-likeness (QED) is 0.487. The summed E-state index contributed by atoms with van der Waals surface area (Å²) in [4.78, 5) is 4.55. The van der Waals surface area contributed by atoms with Gasteiger partial charge in [0.1, 0.15) is 11.3 Å². The summed E-state index contributed by atoms with van der Waals surface area (Å²) in [6.45, 7) is 0.511. The lowest BCUT2D eigenvalue weighted by molar-refractivity contribution is 0.414. The first-order valence-electron chi connectivity index (χ1n) is 8.15. The number of benzene rings is 2. The van der Waals surface area contributed by atoms with Crippen molar-refractivity contribution in [2.45, 2.75) is 11.4 Å². The molecule has 0 unspecified atom stereocenters. The van der Waals surface area contributed by atoms with Crippen molar-refractivity contribution in [3.63, 3.8) is 0 Å². The van der Waals surface area contributed by atoms with E-state index < -0.39 is 9.84 Å². The van der Waals surface area contributed by atoms with E-state index in [0.717, 1.165) is 11.3 Å². The van der Waals surface area contributed by atoms with Crippen molar-refractivity contribution in [1.29, 1.82) is 0 Å². The summed E-state index contributed by atoms with van der Waals surface area (Å²) in [7, 11) is -1.81.